The summed E-state index contributed by atoms with van der Waals surface area (Å²) < 4.78 is 1.06. The molecule has 3 aromatic rings. The van der Waals surface area contributed by atoms with Gasteiger partial charge in [-0.15, -0.1) is 10.2 Å². The van der Waals surface area contributed by atoms with Gasteiger partial charge in [0.05, 0.1) is 10.2 Å². The van der Waals surface area contributed by atoms with Gasteiger partial charge >= 0.3 is 0 Å². The largest absolute Gasteiger partial charge is 0.296 e. The molecule has 0 aliphatic carbocycles. The second kappa shape index (κ2) is 5.40. The number of hydrogen-bond acceptors (Lipinski definition) is 6. The Labute approximate surface area is 136 Å². The molecule has 3 rings (SSSR count). The van der Waals surface area contributed by atoms with E-state index in [2.05, 4.69) is 26.6 Å². The van der Waals surface area contributed by atoms with Crippen LogP contribution >= 0.6 is 22.7 Å². The number of nitrogens with zero attached hydrogens (tertiary/aromatic N) is 3. The third-order valence-corrected chi connectivity index (χ3v) is 5.31. The first kappa shape index (κ1) is 15.1. The lowest BCUT2D eigenvalue weighted by atomic mass is 9.98. The summed E-state index contributed by atoms with van der Waals surface area (Å²) in [7, 11) is 0. The fourth-order valence-corrected chi connectivity index (χ4v) is 3.61. The topological polar surface area (TPSA) is 67.8 Å². The molecule has 5 nitrogen and oxygen atoms in total. The lowest BCUT2D eigenvalue weighted by molar-refractivity contribution is 0.102. The lowest BCUT2D eigenvalue weighted by Gasteiger charge is -2.12. The van der Waals surface area contributed by atoms with Gasteiger partial charge < -0.3 is 0 Å². The molecule has 7 heteroatoms. The molecule has 2 heterocycles. The van der Waals surface area contributed by atoms with Crippen molar-refractivity contribution < 1.29 is 4.79 Å². The molecule has 0 fully saturated rings. The van der Waals surface area contributed by atoms with E-state index in [0.29, 0.717) is 10.1 Å². The predicted octanol–water partition coefficient (Wildman–Crippen LogP) is 4.01. The standard InChI is InChI=1S/C15H16N4OS2/c1-8-5-6-9-10(7-8)21-14(16-9)17-11(20)12-18-19-13(22-12)15(2,3)4/h5-7H,1-4H3,(H,16,17,20). The summed E-state index contributed by atoms with van der Waals surface area (Å²) in [5, 5.41) is 12.7. The first-order valence-corrected chi connectivity index (χ1v) is 8.49. The molecular formula is C15H16N4OS2. The summed E-state index contributed by atoms with van der Waals surface area (Å²) in [6.07, 6.45) is 0. The number of fused-ring (bicyclic) bond motifs is 1. The van der Waals surface area contributed by atoms with E-state index in [0.717, 1.165) is 15.2 Å². The minimum Gasteiger partial charge on any atom is -0.296 e. The van der Waals surface area contributed by atoms with E-state index in [1.165, 1.54) is 28.2 Å². The Hall–Kier alpha value is -1.86. The SMILES string of the molecule is Cc1ccc2nc(NC(=O)c3nnc(C(C)(C)C)s3)sc2c1. The van der Waals surface area contributed by atoms with Gasteiger partial charge in [-0.05, 0) is 24.6 Å². The van der Waals surface area contributed by atoms with E-state index in [-0.39, 0.29) is 11.3 Å². The Bertz CT molecular complexity index is 845. The highest BCUT2D eigenvalue weighted by molar-refractivity contribution is 7.22. The molecule has 1 N–H and O–H groups in total. The van der Waals surface area contributed by atoms with Gasteiger partial charge in [-0.3, -0.25) is 10.1 Å². The van der Waals surface area contributed by atoms with E-state index in [4.69, 9.17) is 0 Å². The molecule has 0 unspecified atom stereocenters. The van der Waals surface area contributed by atoms with E-state index in [1.807, 2.05) is 39.8 Å². The number of thiazole rings is 1. The quantitative estimate of drug-likeness (QED) is 0.770. The van der Waals surface area contributed by atoms with Crippen LogP contribution in [0.2, 0.25) is 0 Å². The van der Waals surface area contributed by atoms with Gasteiger partial charge in [0.15, 0.2) is 5.13 Å². The van der Waals surface area contributed by atoms with Crippen molar-refractivity contribution in [3.8, 4) is 0 Å². The minimum absolute atomic E-state index is 0.108. The second-order valence-corrected chi connectivity index (χ2v) is 8.11. The molecule has 0 aliphatic heterocycles. The summed E-state index contributed by atoms with van der Waals surface area (Å²) in [6, 6.07) is 6.03. The molecular weight excluding hydrogens is 316 g/mol. The number of aryl methyl sites for hydroxylation is 1. The highest BCUT2D eigenvalue weighted by Crippen LogP contribution is 2.28. The van der Waals surface area contributed by atoms with E-state index in [9.17, 15) is 4.79 Å². The maximum atomic E-state index is 12.3. The summed E-state index contributed by atoms with van der Waals surface area (Å²) >= 11 is 2.78. The summed E-state index contributed by atoms with van der Waals surface area (Å²) in [5.74, 6) is -0.260. The van der Waals surface area contributed by atoms with Crippen LogP contribution in [0, 0.1) is 6.92 Å². The molecule has 1 aromatic carbocycles. The predicted molar refractivity (Wildman–Crippen MR) is 90.9 cm³/mol. The van der Waals surface area contributed by atoms with Crippen molar-refractivity contribution in [3.63, 3.8) is 0 Å². The first-order chi connectivity index (χ1) is 10.3. The number of carbonyl (C=O) groups is 1. The molecule has 1 amide bonds. The van der Waals surface area contributed by atoms with Crippen molar-refractivity contribution in [2.24, 2.45) is 0 Å². The maximum absolute atomic E-state index is 12.3. The number of carbonyl (C=O) groups excluding carboxylic acids is 1. The summed E-state index contributed by atoms with van der Waals surface area (Å²) in [5.41, 5.74) is 1.95. The molecule has 0 spiro atoms. The smallest absolute Gasteiger partial charge is 0.288 e. The van der Waals surface area contributed by atoms with Crippen LogP contribution in [0.25, 0.3) is 10.2 Å². The monoisotopic (exact) mass is 332 g/mol. The number of hydrogen-bond donors (Lipinski definition) is 1. The molecule has 0 saturated heterocycles. The fourth-order valence-electron chi connectivity index (χ4n) is 1.85. The highest BCUT2D eigenvalue weighted by Gasteiger charge is 2.22. The van der Waals surface area contributed by atoms with Gasteiger partial charge in [-0.2, -0.15) is 0 Å². The normalized spacial score (nSPS) is 11.8. The third-order valence-electron chi connectivity index (χ3n) is 3.03. The number of nitrogens with one attached hydrogen (secondary N) is 1. The number of rotatable bonds is 2. The lowest BCUT2D eigenvalue weighted by Crippen LogP contribution is -2.11. The van der Waals surface area contributed by atoms with Gasteiger partial charge in [0.25, 0.3) is 5.91 Å². The zero-order valence-electron chi connectivity index (χ0n) is 12.8. The van der Waals surface area contributed by atoms with Crippen molar-refractivity contribution in [3.05, 3.63) is 33.8 Å². The van der Waals surface area contributed by atoms with Crippen LogP contribution in [0.4, 0.5) is 5.13 Å². The Balaban J connectivity index is 1.82. The van der Waals surface area contributed by atoms with Crippen molar-refractivity contribution in [1.82, 2.24) is 15.2 Å². The molecule has 0 saturated carbocycles. The van der Waals surface area contributed by atoms with Crippen LogP contribution < -0.4 is 5.32 Å². The van der Waals surface area contributed by atoms with Crippen LogP contribution in [0.3, 0.4) is 0 Å². The van der Waals surface area contributed by atoms with Crippen LogP contribution in [0.5, 0.6) is 0 Å². The van der Waals surface area contributed by atoms with E-state index >= 15 is 0 Å². The van der Waals surface area contributed by atoms with Crippen molar-refractivity contribution in [1.29, 1.82) is 0 Å². The molecule has 0 radical (unpaired) electrons. The first-order valence-electron chi connectivity index (χ1n) is 6.85. The second-order valence-electron chi connectivity index (χ2n) is 6.11. The Kier molecular flexibility index (Phi) is 3.70. The van der Waals surface area contributed by atoms with Crippen LogP contribution in [-0.4, -0.2) is 21.1 Å². The van der Waals surface area contributed by atoms with Gasteiger partial charge in [0.1, 0.15) is 5.01 Å². The highest BCUT2D eigenvalue weighted by atomic mass is 32.1. The zero-order chi connectivity index (χ0) is 15.9. The van der Waals surface area contributed by atoms with Gasteiger partial charge in [-0.1, -0.05) is 49.5 Å². The van der Waals surface area contributed by atoms with Crippen LogP contribution in [-0.2, 0) is 5.41 Å². The minimum atomic E-state index is -0.260. The van der Waals surface area contributed by atoms with Gasteiger partial charge in [0, 0.05) is 5.41 Å². The van der Waals surface area contributed by atoms with Gasteiger partial charge in [0.2, 0.25) is 5.01 Å². The van der Waals surface area contributed by atoms with Crippen LogP contribution in [0.1, 0.15) is 41.1 Å². The molecule has 0 bridgehead atoms. The molecule has 2 aromatic heterocycles. The molecule has 114 valence electrons. The number of benzene rings is 1. The Morgan fingerprint density at radius 2 is 1.95 bits per heavy atom. The van der Waals surface area contributed by atoms with Crippen molar-refractivity contribution in [2.45, 2.75) is 33.1 Å². The van der Waals surface area contributed by atoms with Crippen molar-refractivity contribution >= 4 is 43.9 Å². The Morgan fingerprint density at radius 3 is 2.64 bits per heavy atom. The number of anilines is 1. The van der Waals surface area contributed by atoms with Gasteiger partial charge in [-0.25, -0.2) is 4.98 Å². The van der Waals surface area contributed by atoms with E-state index in [1.54, 1.807) is 0 Å². The fraction of sp³-hybridized carbons (Fsp3) is 0.333. The van der Waals surface area contributed by atoms with Crippen LogP contribution in [0.15, 0.2) is 18.2 Å². The summed E-state index contributed by atoms with van der Waals surface area (Å²) in [4.78, 5) is 16.7. The van der Waals surface area contributed by atoms with E-state index < -0.39 is 0 Å². The zero-order valence-corrected chi connectivity index (χ0v) is 14.4. The maximum Gasteiger partial charge on any atom is 0.288 e. The summed E-state index contributed by atoms with van der Waals surface area (Å²) in [6.45, 7) is 8.17. The number of amides is 1. The Morgan fingerprint density at radius 1 is 1.18 bits per heavy atom. The average Bonchev–Trinajstić information content (AvgIpc) is 3.03. The molecule has 0 aliphatic rings. The third kappa shape index (κ3) is 3.00. The number of aromatic nitrogens is 3. The average molecular weight is 332 g/mol. The molecule has 0 atom stereocenters. The molecule has 22 heavy (non-hydrogen) atoms. The van der Waals surface area contributed by atoms with Crippen molar-refractivity contribution in [2.75, 3.05) is 5.32 Å².